The predicted octanol–water partition coefficient (Wildman–Crippen LogP) is 3.07. The molecule has 8 heteroatoms. The van der Waals surface area contributed by atoms with Crippen LogP contribution in [0.15, 0.2) is 47.5 Å². The molecule has 1 amide bonds. The molecule has 2 unspecified atom stereocenters. The second-order valence-electron chi connectivity index (χ2n) is 7.24. The van der Waals surface area contributed by atoms with E-state index in [0.717, 1.165) is 16.7 Å². The smallest absolute Gasteiger partial charge is 0.248 e. The van der Waals surface area contributed by atoms with Crippen LogP contribution < -0.4 is 15.2 Å². The number of amides is 1. The molecule has 2 aromatic carbocycles. The molecule has 30 heavy (non-hydrogen) atoms. The third-order valence-corrected chi connectivity index (χ3v) is 5.25. The first-order valence-corrected chi connectivity index (χ1v) is 9.53. The van der Waals surface area contributed by atoms with Crippen molar-refractivity contribution < 1.29 is 14.3 Å². The quantitative estimate of drug-likeness (QED) is 0.702. The first kappa shape index (κ1) is 19.6. The molecule has 154 valence electrons. The molecule has 2 atom stereocenters. The highest BCUT2D eigenvalue weighted by molar-refractivity contribution is 6.04. The Balaban J connectivity index is 1.86. The van der Waals surface area contributed by atoms with E-state index >= 15 is 0 Å². The summed E-state index contributed by atoms with van der Waals surface area (Å²) in [5.74, 6) is 1.04. The molecular weight excluding hydrogens is 382 g/mol. The van der Waals surface area contributed by atoms with Crippen LogP contribution in [-0.4, -0.2) is 40.6 Å². The summed E-state index contributed by atoms with van der Waals surface area (Å²) in [5, 5.41) is 4.70. The molecule has 0 aliphatic carbocycles. The van der Waals surface area contributed by atoms with E-state index in [0.29, 0.717) is 29.0 Å². The summed E-state index contributed by atoms with van der Waals surface area (Å²) in [6.45, 7) is 3.80. The molecule has 1 aromatic heterocycles. The van der Waals surface area contributed by atoms with Crippen molar-refractivity contribution in [1.82, 2.24) is 14.8 Å². The Morgan fingerprint density at radius 3 is 2.50 bits per heavy atom. The number of primary amides is 1. The van der Waals surface area contributed by atoms with Gasteiger partial charge >= 0.3 is 0 Å². The van der Waals surface area contributed by atoms with Crippen molar-refractivity contribution in [3.8, 4) is 22.9 Å². The minimum Gasteiger partial charge on any atom is -0.493 e. The number of aromatic nitrogens is 3. The summed E-state index contributed by atoms with van der Waals surface area (Å²) < 4.78 is 12.4. The largest absolute Gasteiger partial charge is 0.493 e. The first-order valence-electron chi connectivity index (χ1n) is 9.53. The van der Waals surface area contributed by atoms with Gasteiger partial charge in [0.2, 0.25) is 11.9 Å². The fraction of sp³-hybridized carbons (Fsp3) is 0.273. The second-order valence-corrected chi connectivity index (χ2v) is 7.24. The van der Waals surface area contributed by atoms with Crippen LogP contribution in [0.4, 0.5) is 5.95 Å². The van der Waals surface area contributed by atoms with Gasteiger partial charge in [0.05, 0.1) is 20.3 Å². The van der Waals surface area contributed by atoms with Crippen LogP contribution in [0.5, 0.6) is 11.5 Å². The lowest BCUT2D eigenvalue weighted by Crippen LogP contribution is -2.39. The average Bonchev–Trinajstić information content (AvgIpc) is 3.15. The number of hydrogen-bond donors (Lipinski definition) is 1. The average molecular weight is 405 g/mol. The number of nitrogens with two attached hydrogens (primary N) is 1. The van der Waals surface area contributed by atoms with E-state index in [1.165, 1.54) is 0 Å². The lowest BCUT2D eigenvalue weighted by atomic mass is 9.87. The fourth-order valence-corrected chi connectivity index (χ4v) is 3.82. The summed E-state index contributed by atoms with van der Waals surface area (Å²) in [5.41, 5.74) is 9.14. The van der Waals surface area contributed by atoms with Gasteiger partial charge in [-0.05, 0) is 37.6 Å². The minimum absolute atomic E-state index is 0.420. The van der Waals surface area contributed by atoms with Crippen LogP contribution in [0, 0.1) is 12.8 Å². The SMILES string of the molecule is COc1ccc(-c2nc3n(n2)C(c2cccc(C)c2)C(C(N)=O)C(C)=N3)cc1OC. The number of carbonyl (C=O) groups is 1. The van der Waals surface area contributed by atoms with Crippen molar-refractivity contribution in [2.75, 3.05) is 14.2 Å². The molecule has 0 saturated carbocycles. The molecule has 2 heterocycles. The number of hydrogen-bond acceptors (Lipinski definition) is 6. The van der Waals surface area contributed by atoms with Gasteiger partial charge in [0.25, 0.3) is 0 Å². The highest BCUT2D eigenvalue weighted by Crippen LogP contribution is 2.38. The van der Waals surface area contributed by atoms with Crippen LogP contribution in [-0.2, 0) is 4.79 Å². The third-order valence-electron chi connectivity index (χ3n) is 5.25. The molecule has 4 rings (SSSR count). The van der Waals surface area contributed by atoms with E-state index in [9.17, 15) is 4.79 Å². The molecule has 0 saturated heterocycles. The minimum atomic E-state index is -0.612. The number of carbonyl (C=O) groups excluding carboxylic acids is 1. The maximum Gasteiger partial charge on any atom is 0.248 e. The van der Waals surface area contributed by atoms with Crippen molar-refractivity contribution in [2.45, 2.75) is 19.9 Å². The number of nitrogens with zero attached hydrogens (tertiary/aromatic N) is 4. The van der Waals surface area contributed by atoms with Crippen molar-refractivity contribution in [3.05, 3.63) is 53.6 Å². The van der Waals surface area contributed by atoms with Gasteiger partial charge in [-0.25, -0.2) is 9.67 Å². The molecule has 0 bridgehead atoms. The van der Waals surface area contributed by atoms with E-state index in [1.54, 1.807) is 31.9 Å². The Hall–Kier alpha value is -3.68. The van der Waals surface area contributed by atoms with Crippen LogP contribution in [0.2, 0.25) is 0 Å². The van der Waals surface area contributed by atoms with E-state index < -0.39 is 17.9 Å². The maximum atomic E-state index is 12.3. The highest BCUT2D eigenvalue weighted by atomic mass is 16.5. The third kappa shape index (κ3) is 3.30. The zero-order valence-corrected chi connectivity index (χ0v) is 17.3. The van der Waals surface area contributed by atoms with E-state index in [4.69, 9.17) is 20.3 Å². The van der Waals surface area contributed by atoms with Crippen molar-refractivity contribution >= 4 is 17.6 Å². The summed E-state index contributed by atoms with van der Waals surface area (Å²) in [6, 6.07) is 13.0. The summed E-state index contributed by atoms with van der Waals surface area (Å²) >= 11 is 0. The van der Waals surface area contributed by atoms with Gasteiger partial charge in [-0.1, -0.05) is 29.8 Å². The predicted molar refractivity (Wildman–Crippen MR) is 113 cm³/mol. The van der Waals surface area contributed by atoms with Crippen molar-refractivity contribution in [2.24, 2.45) is 16.6 Å². The van der Waals surface area contributed by atoms with Gasteiger partial charge in [-0.3, -0.25) is 4.79 Å². The Bertz CT molecular complexity index is 1150. The van der Waals surface area contributed by atoms with Crippen molar-refractivity contribution in [1.29, 1.82) is 0 Å². The lowest BCUT2D eigenvalue weighted by molar-refractivity contribution is -0.120. The maximum absolute atomic E-state index is 12.3. The van der Waals surface area contributed by atoms with Gasteiger partial charge < -0.3 is 15.2 Å². The second kappa shape index (κ2) is 7.62. The number of ether oxygens (including phenoxy) is 2. The van der Waals surface area contributed by atoms with Crippen LogP contribution in [0.25, 0.3) is 11.4 Å². The number of fused-ring (bicyclic) bond motifs is 1. The lowest BCUT2D eigenvalue weighted by Gasteiger charge is -2.29. The van der Waals surface area contributed by atoms with Gasteiger partial charge in [-0.2, -0.15) is 4.98 Å². The number of aryl methyl sites for hydroxylation is 1. The van der Waals surface area contributed by atoms with Gasteiger partial charge in [0.1, 0.15) is 5.92 Å². The molecule has 1 aliphatic heterocycles. The Morgan fingerprint density at radius 1 is 1.07 bits per heavy atom. The van der Waals surface area contributed by atoms with Crippen LogP contribution in [0.1, 0.15) is 24.1 Å². The fourth-order valence-electron chi connectivity index (χ4n) is 3.82. The first-order chi connectivity index (χ1) is 14.4. The zero-order valence-electron chi connectivity index (χ0n) is 17.3. The molecule has 0 spiro atoms. The summed E-state index contributed by atoms with van der Waals surface area (Å²) in [4.78, 5) is 21.5. The molecule has 0 fully saturated rings. The molecule has 1 aliphatic rings. The van der Waals surface area contributed by atoms with Gasteiger partial charge in [0, 0.05) is 11.3 Å². The Labute approximate surface area is 174 Å². The number of methoxy groups -OCH3 is 2. The van der Waals surface area contributed by atoms with Crippen molar-refractivity contribution in [3.63, 3.8) is 0 Å². The number of benzene rings is 2. The van der Waals surface area contributed by atoms with Crippen LogP contribution in [0.3, 0.4) is 0 Å². The van der Waals surface area contributed by atoms with E-state index in [1.807, 2.05) is 43.3 Å². The Morgan fingerprint density at radius 2 is 1.83 bits per heavy atom. The van der Waals surface area contributed by atoms with E-state index in [2.05, 4.69) is 9.98 Å². The normalized spacial score (nSPS) is 17.8. The molecule has 0 radical (unpaired) electrons. The highest BCUT2D eigenvalue weighted by Gasteiger charge is 2.38. The number of aliphatic imine (C=N–C) groups is 1. The van der Waals surface area contributed by atoms with E-state index in [-0.39, 0.29) is 0 Å². The summed E-state index contributed by atoms with van der Waals surface area (Å²) in [6.07, 6.45) is 0. The van der Waals surface area contributed by atoms with Crippen LogP contribution >= 0.6 is 0 Å². The summed E-state index contributed by atoms with van der Waals surface area (Å²) in [7, 11) is 3.16. The zero-order chi connectivity index (χ0) is 21.4. The van der Waals surface area contributed by atoms with Gasteiger partial charge in [0.15, 0.2) is 17.3 Å². The molecular formula is C22H23N5O3. The standard InChI is InChI=1S/C22H23N5O3/c1-12-6-5-7-14(10-12)19-18(20(23)28)13(2)24-22-25-21(26-27(19)22)15-8-9-16(29-3)17(11-15)30-4/h5-11,18-19H,1-4H3,(H2,23,28). The monoisotopic (exact) mass is 405 g/mol. The molecule has 8 nitrogen and oxygen atoms in total. The molecule has 2 N–H and O–H groups in total. The molecule has 3 aromatic rings. The Kier molecular flexibility index (Phi) is 4.99. The van der Waals surface area contributed by atoms with Gasteiger partial charge in [-0.15, -0.1) is 5.10 Å². The topological polar surface area (TPSA) is 105 Å². The number of rotatable bonds is 5.